The molecule has 0 aromatic rings. The minimum absolute atomic E-state index is 0. The fraction of sp³-hybridized carbons (Fsp3) is 0.600. The Morgan fingerprint density at radius 2 is 2.00 bits per heavy atom. The zero-order chi connectivity index (χ0) is 13.2. The molecule has 0 heterocycles. The Hall–Kier alpha value is 1.28. The molecule has 0 aromatic carbocycles. The first-order valence-electron chi connectivity index (χ1n) is 4.68. The minimum Gasteiger partial charge on any atom is -0.755 e. The molecular formula is C10H19NO3S2WY-2. The maximum absolute atomic E-state index is 10.6. The van der Waals surface area contributed by atoms with E-state index in [4.69, 9.17) is 5.11 Å². The van der Waals surface area contributed by atoms with Crippen LogP contribution in [-0.4, -0.2) is 31.0 Å². The topological polar surface area (TPSA) is 58.6 Å². The number of alkyl carbamates (subject to hydrolysis) is 1. The summed E-state index contributed by atoms with van der Waals surface area (Å²) in [6, 6.07) is 0. The van der Waals surface area contributed by atoms with Gasteiger partial charge in [0.2, 0.25) is 0 Å². The first-order chi connectivity index (χ1) is 7.72. The molecule has 8 heteroatoms. The van der Waals surface area contributed by atoms with E-state index in [0.29, 0.717) is 0 Å². The molecular weight excluding hydrogens is 519 g/mol. The Morgan fingerprint density at radius 1 is 1.56 bits per heavy atom. The molecule has 105 valence electrons. The Balaban J connectivity index is -0.0000000704. The number of aliphatic hydroxyl groups excluding tert-OH is 1. The van der Waals surface area contributed by atoms with Gasteiger partial charge in [0.15, 0.2) is 0 Å². The van der Waals surface area contributed by atoms with E-state index in [1.807, 2.05) is 13.8 Å². The molecule has 0 bridgehead atoms. The van der Waals surface area contributed by atoms with Crippen LogP contribution in [0.2, 0.25) is 0 Å². The van der Waals surface area contributed by atoms with E-state index in [1.165, 1.54) is 0 Å². The summed E-state index contributed by atoms with van der Waals surface area (Å²) in [4.78, 5) is 10.6. The molecule has 0 unspecified atom stereocenters. The van der Waals surface area contributed by atoms with Gasteiger partial charge in [0.05, 0.1) is 13.2 Å². The van der Waals surface area contributed by atoms with E-state index >= 15 is 0 Å². The number of amides is 1. The third-order valence-corrected chi connectivity index (χ3v) is 0.822. The number of nitrogens with one attached hydrogen (secondary N) is 1. The molecule has 0 aliphatic heterocycles. The summed E-state index contributed by atoms with van der Waals surface area (Å²) >= 11 is 4.20. The van der Waals surface area contributed by atoms with Gasteiger partial charge in [-0.15, -0.1) is 5.92 Å². The number of carbonyl (C=O) groups is 1. The quantitative estimate of drug-likeness (QED) is 0.248. The molecule has 0 saturated heterocycles. The van der Waals surface area contributed by atoms with Crippen molar-refractivity contribution >= 4 is 28.5 Å². The molecule has 0 rings (SSSR count). The van der Waals surface area contributed by atoms with Crippen molar-refractivity contribution < 1.29 is 68.4 Å². The van der Waals surface area contributed by atoms with Crippen molar-refractivity contribution in [3.05, 3.63) is 6.26 Å². The SMILES string of the molecule is CC.CC#CCNC(=O)OCCO.[CH2-]S[S-].[W].[Y]. The number of hydrogen-bond donors (Lipinski definition) is 2. The van der Waals surface area contributed by atoms with Crippen molar-refractivity contribution in [1.82, 2.24) is 5.32 Å². The predicted octanol–water partition coefficient (Wildman–Crippen LogP) is 1.72. The van der Waals surface area contributed by atoms with Gasteiger partial charge in [0, 0.05) is 53.8 Å². The second-order valence-electron chi connectivity index (χ2n) is 1.76. The number of ether oxygens (including phenoxy) is 1. The molecule has 1 radical (unpaired) electrons. The monoisotopic (exact) mass is 538 g/mol. The van der Waals surface area contributed by atoms with Gasteiger partial charge >= 0.3 is 6.09 Å². The molecule has 2 N–H and O–H groups in total. The van der Waals surface area contributed by atoms with Crippen LogP contribution < -0.4 is 5.32 Å². The van der Waals surface area contributed by atoms with Crippen LogP contribution in [0.25, 0.3) is 0 Å². The molecule has 1 amide bonds. The molecule has 0 spiro atoms. The van der Waals surface area contributed by atoms with Crippen LogP contribution in [-0.2, 0) is 70.2 Å². The zero-order valence-electron chi connectivity index (χ0n) is 10.9. The second-order valence-corrected chi connectivity index (χ2v) is 2.70. The van der Waals surface area contributed by atoms with Gasteiger partial charge in [-0.2, -0.15) is 0 Å². The van der Waals surface area contributed by atoms with Crippen LogP contribution in [0.5, 0.6) is 0 Å². The molecule has 0 aliphatic carbocycles. The van der Waals surface area contributed by atoms with Crippen molar-refractivity contribution in [2.45, 2.75) is 20.8 Å². The van der Waals surface area contributed by atoms with Crippen molar-refractivity contribution in [1.29, 1.82) is 0 Å². The standard InChI is InChI=1S/C7H11NO3.C2H6.CH3S2.W.Y/c1-2-3-4-8-7(10)11-6-5-9;1-2;1-3-2;;/h9H,4-6H2,1H3,(H,8,10);1-2H3;2H,1H2;;/q;;-1;;/p-1. The van der Waals surface area contributed by atoms with Crippen LogP contribution in [0, 0.1) is 18.1 Å². The molecule has 0 saturated carbocycles. The molecule has 0 atom stereocenters. The Labute approximate surface area is 159 Å². The van der Waals surface area contributed by atoms with Crippen LogP contribution >= 0.6 is 10.8 Å². The summed E-state index contributed by atoms with van der Waals surface area (Å²) in [6.45, 7) is 5.82. The van der Waals surface area contributed by atoms with E-state index in [9.17, 15) is 4.79 Å². The fourth-order valence-corrected chi connectivity index (χ4v) is 0.394. The predicted molar refractivity (Wildman–Crippen MR) is 71.5 cm³/mol. The first-order valence-corrected chi connectivity index (χ1v) is 6.59. The van der Waals surface area contributed by atoms with Gasteiger partial charge in [0.1, 0.15) is 6.61 Å². The maximum atomic E-state index is 10.6. The van der Waals surface area contributed by atoms with Gasteiger partial charge in [-0.1, -0.05) is 19.8 Å². The van der Waals surface area contributed by atoms with E-state index < -0.39 is 6.09 Å². The summed E-state index contributed by atoms with van der Waals surface area (Å²) in [6.07, 6.45) is 2.66. The summed E-state index contributed by atoms with van der Waals surface area (Å²) in [5.74, 6) is 5.24. The van der Waals surface area contributed by atoms with E-state index in [2.05, 4.69) is 39.8 Å². The van der Waals surface area contributed by atoms with Gasteiger partial charge in [-0.25, -0.2) is 4.79 Å². The van der Waals surface area contributed by atoms with E-state index in [1.54, 1.807) is 6.92 Å². The minimum atomic E-state index is -0.554. The van der Waals surface area contributed by atoms with Gasteiger partial charge in [-0.05, 0) is 6.92 Å². The molecule has 0 fully saturated rings. The summed E-state index contributed by atoms with van der Waals surface area (Å²) in [5, 5.41) is 10.6. The second kappa shape index (κ2) is 36.2. The Morgan fingerprint density at radius 3 is 2.33 bits per heavy atom. The van der Waals surface area contributed by atoms with Crippen molar-refractivity contribution in [2.24, 2.45) is 0 Å². The smallest absolute Gasteiger partial charge is 0.407 e. The largest absolute Gasteiger partial charge is 0.755 e. The number of carbonyl (C=O) groups excluding carboxylic acids is 1. The van der Waals surface area contributed by atoms with Crippen molar-refractivity contribution in [2.75, 3.05) is 19.8 Å². The van der Waals surface area contributed by atoms with Crippen molar-refractivity contribution in [3.63, 3.8) is 0 Å². The zero-order valence-corrected chi connectivity index (χ0v) is 18.3. The van der Waals surface area contributed by atoms with E-state index in [0.717, 1.165) is 10.8 Å². The van der Waals surface area contributed by atoms with Crippen LogP contribution in [0.4, 0.5) is 4.79 Å². The summed E-state index contributed by atoms with van der Waals surface area (Å²) in [7, 11) is 1.08. The van der Waals surface area contributed by atoms with Gasteiger partial charge in [0.25, 0.3) is 0 Å². The summed E-state index contributed by atoms with van der Waals surface area (Å²) < 4.78 is 4.47. The van der Waals surface area contributed by atoms with Crippen LogP contribution in [0.3, 0.4) is 0 Å². The first kappa shape index (κ1) is 31.6. The van der Waals surface area contributed by atoms with E-state index in [-0.39, 0.29) is 73.5 Å². The third-order valence-electron chi connectivity index (χ3n) is 0.822. The maximum Gasteiger partial charge on any atom is 0.407 e. The Kier molecular flexibility index (Phi) is 63.5. The Bertz CT molecular complexity index is 201. The number of rotatable bonds is 3. The molecule has 0 aliphatic rings. The van der Waals surface area contributed by atoms with Gasteiger partial charge in [-0.3, -0.25) is 0 Å². The van der Waals surface area contributed by atoms with Crippen molar-refractivity contribution in [3.8, 4) is 11.8 Å². The number of aliphatic hydroxyl groups is 1. The normalized spacial score (nSPS) is 6.11. The van der Waals surface area contributed by atoms with Gasteiger partial charge < -0.3 is 43.9 Å². The van der Waals surface area contributed by atoms with Crippen LogP contribution in [0.15, 0.2) is 0 Å². The fourth-order valence-electron chi connectivity index (χ4n) is 0.394. The molecule has 4 nitrogen and oxygen atoms in total. The average Bonchev–Trinajstić information content (AvgIpc) is 2.30. The molecule has 18 heavy (non-hydrogen) atoms. The summed E-state index contributed by atoms with van der Waals surface area (Å²) in [5.41, 5.74) is 0. The number of hydrogen-bond acceptors (Lipinski definition) is 5. The molecule has 0 aromatic heterocycles. The van der Waals surface area contributed by atoms with Crippen LogP contribution in [0.1, 0.15) is 20.8 Å². The average molecular weight is 538 g/mol. The third kappa shape index (κ3) is 43.3.